The van der Waals surface area contributed by atoms with E-state index in [0.29, 0.717) is 34.4 Å². The lowest BCUT2D eigenvalue weighted by atomic mass is 10.2. The number of rotatable bonds is 7. The van der Waals surface area contributed by atoms with Gasteiger partial charge < -0.3 is 4.74 Å². The van der Waals surface area contributed by atoms with Crippen molar-refractivity contribution in [2.45, 2.75) is 24.8 Å². The van der Waals surface area contributed by atoms with Gasteiger partial charge >= 0.3 is 18.1 Å². The van der Waals surface area contributed by atoms with E-state index < -0.39 is 18.1 Å². The molecule has 14 heteroatoms. The van der Waals surface area contributed by atoms with Gasteiger partial charge in [-0.1, -0.05) is 29.3 Å². The van der Waals surface area contributed by atoms with Crippen molar-refractivity contribution in [3.63, 3.8) is 0 Å². The van der Waals surface area contributed by atoms with Crippen molar-refractivity contribution in [1.82, 2.24) is 5.43 Å². The molecule has 0 aliphatic heterocycles. The van der Waals surface area contributed by atoms with Gasteiger partial charge in [-0.2, -0.15) is 35.8 Å². The van der Waals surface area contributed by atoms with Gasteiger partial charge in [0, 0.05) is 24.7 Å². The van der Waals surface area contributed by atoms with Crippen LogP contribution < -0.4 is 10.2 Å². The number of nitrogens with zero attached hydrogens (tertiary/aromatic N) is 1. The van der Waals surface area contributed by atoms with Crippen LogP contribution in [0.2, 0.25) is 10.0 Å². The van der Waals surface area contributed by atoms with Gasteiger partial charge in [0.05, 0.1) is 9.78 Å². The standard InChI is InChI=1S/C17H9Cl2F7I2N2O/c18-10-2-1-8(12(19)4-10)7-31-14-9(3-11(27)5-13(14)28)6-29-30-17(25,26)15(20,21)16(22,23)24/h1-6,30H,7H2/b29-6-. The summed E-state index contributed by atoms with van der Waals surface area (Å²) >= 11 is 15.7. The van der Waals surface area contributed by atoms with Gasteiger partial charge in [0.2, 0.25) is 0 Å². The lowest BCUT2D eigenvalue weighted by molar-refractivity contribution is -0.361. The van der Waals surface area contributed by atoms with Gasteiger partial charge in [0.15, 0.2) is 0 Å². The fourth-order valence-corrected chi connectivity index (χ4v) is 4.56. The topological polar surface area (TPSA) is 33.6 Å². The molecule has 0 heterocycles. The summed E-state index contributed by atoms with van der Waals surface area (Å²) < 4.78 is 96.0. The second-order valence-corrected chi connectivity index (χ2v) is 9.10. The molecule has 0 fully saturated rings. The maximum Gasteiger partial charge on any atom is 0.462 e. The number of benzene rings is 2. The highest BCUT2D eigenvalue weighted by Crippen LogP contribution is 2.45. The first-order chi connectivity index (χ1) is 14.2. The molecule has 0 amide bonds. The van der Waals surface area contributed by atoms with Crippen LogP contribution in [0.15, 0.2) is 35.4 Å². The Labute approximate surface area is 208 Å². The van der Waals surface area contributed by atoms with Crippen molar-refractivity contribution in [1.29, 1.82) is 0 Å². The summed E-state index contributed by atoms with van der Waals surface area (Å²) in [6.45, 7) is -0.0663. The van der Waals surface area contributed by atoms with Gasteiger partial charge in [-0.3, -0.25) is 0 Å². The first-order valence-corrected chi connectivity index (χ1v) is 10.8. The first kappa shape index (κ1) is 26.5. The minimum Gasteiger partial charge on any atom is -0.487 e. The van der Waals surface area contributed by atoms with Crippen LogP contribution in [0.1, 0.15) is 11.1 Å². The summed E-state index contributed by atoms with van der Waals surface area (Å²) in [6.07, 6.45) is -5.81. The van der Waals surface area contributed by atoms with Gasteiger partial charge in [0.25, 0.3) is 0 Å². The Morgan fingerprint density at radius 3 is 2.23 bits per heavy atom. The van der Waals surface area contributed by atoms with Gasteiger partial charge in [0.1, 0.15) is 12.4 Å². The number of alkyl halides is 7. The van der Waals surface area contributed by atoms with Gasteiger partial charge in [-0.05, 0) is 69.4 Å². The lowest BCUT2D eigenvalue weighted by Gasteiger charge is -2.27. The maximum absolute atomic E-state index is 13.4. The third kappa shape index (κ3) is 6.41. The number of hydrazone groups is 1. The molecule has 0 radical (unpaired) electrons. The third-order valence-electron chi connectivity index (χ3n) is 3.58. The Balaban J connectivity index is 2.26. The van der Waals surface area contributed by atoms with Crippen molar-refractivity contribution in [2.24, 2.45) is 5.10 Å². The molecule has 2 rings (SSSR count). The maximum atomic E-state index is 13.4. The second-order valence-electron chi connectivity index (χ2n) is 5.85. The average Bonchev–Trinajstić information content (AvgIpc) is 2.61. The molecular formula is C17H9Cl2F7I2N2O. The van der Waals surface area contributed by atoms with Crippen LogP contribution in [0.3, 0.4) is 0 Å². The summed E-state index contributed by atoms with van der Waals surface area (Å²) in [6, 6.07) is 2.05. The molecular weight excluding hydrogens is 706 g/mol. The SMILES string of the molecule is FC(F)(F)C(F)(F)C(F)(F)N/N=C\c1cc(I)cc(I)c1OCc1ccc(Cl)cc1Cl. The van der Waals surface area contributed by atoms with Crippen LogP contribution in [0.4, 0.5) is 30.7 Å². The zero-order chi connectivity index (χ0) is 23.6. The van der Waals surface area contributed by atoms with Crippen molar-refractivity contribution < 1.29 is 35.5 Å². The number of hydrogen-bond acceptors (Lipinski definition) is 3. The van der Waals surface area contributed by atoms with Crippen molar-refractivity contribution in [3.05, 3.63) is 58.6 Å². The normalized spacial score (nSPS) is 13.0. The summed E-state index contributed by atoms with van der Waals surface area (Å²) in [7, 11) is 0. The largest absolute Gasteiger partial charge is 0.487 e. The number of nitrogens with one attached hydrogen (secondary N) is 1. The van der Waals surface area contributed by atoms with Crippen LogP contribution in [-0.2, 0) is 6.61 Å². The van der Waals surface area contributed by atoms with Crippen LogP contribution in [0, 0.1) is 7.14 Å². The lowest BCUT2D eigenvalue weighted by Crippen LogP contribution is -2.58. The highest BCUT2D eigenvalue weighted by Gasteiger charge is 2.73. The fraction of sp³-hybridized carbons (Fsp3) is 0.235. The summed E-state index contributed by atoms with van der Waals surface area (Å²) in [5, 5.41) is 3.59. The average molecular weight is 715 g/mol. The van der Waals surface area contributed by atoms with Crippen LogP contribution in [0.25, 0.3) is 0 Å². The molecule has 2 aromatic rings. The monoisotopic (exact) mass is 714 g/mol. The van der Waals surface area contributed by atoms with Crippen LogP contribution in [-0.4, -0.2) is 24.4 Å². The van der Waals surface area contributed by atoms with E-state index in [4.69, 9.17) is 27.9 Å². The highest BCUT2D eigenvalue weighted by atomic mass is 127. The predicted octanol–water partition coefficient (Wildman–Crippen LogP) is 7.50. The Kier molecular flexibility index (Phi) is 8.58. The van der Waals surface area contributed by atoms with E-state index in [9.17, 15) is 30.7 Å². The molecule has 0 saturated heterocycles. The second kappa shape index (κ2) is 10.0. The zero-order valence-electron chi connectivity index (χ0n) is 14.7. The molecule has 2 aromatic carbocycles. The number of ether oxygens (including phenoxy) is 1. The molecule has 3 nitrogen and oxygen atoms in total. The Hall–Kier alpha value is -0.740. The van der Waals surface area contributed by atoms with E-state index in [1.807, 2.05) is 45.2 Å². The van der Waals surface area contributed by atoms with Crippen LogP contribution >= 0.6 is 68.4 Å². The molecule has 0 aliphatic carbocycles. The van der Waals surface area contributed by atoms with Crippen molar-refractivity contribution in [3.8, 4) is 5.75 Å². The van der Waals surface area contributed by atoms with Gasteiger partial charge in [-0.25, -0.2) is 5.43 Å². The van der Waals surface area contributed by atoms with E-state index in [-0.39, 0.29) is 17.9 Å². The zero-order valence-corrected chi connectivity index (χ0v) is 20.5. The summed E-state index contributed by atoms with van der Waals surface area (Å²) in [4.78, 5) is 0. The summed E-state index contributed by atoms with van der Waals surface area (Å²) in [5.41, 5.74) is 1.17. The molecule has 0 unspecified atom stereocenters. The smallest absolute Gasteiger partial charge is 0.462 e. The van der Waals surface area contributed by atoms with E-state index in [2.05, 4.69) is 5.10 Å². The third-order valence-corrected chi connectivity index (χ3v) is 5.59. The molecule has 0 aromatic heterocycles. The Morgan fingerprint density at radius 1 is 1.00 bits per heavy atom. The highest BCUT2D eigenvalue weighted by molar-refractivity contribution is 14.1. The van der Waals surface area contributed by atoms with E-state index in [1.165, 1.54) is 12.1 Å². The minimum atomic E-state index is -6.47. The minimum absolute atomic E-state index is 0.0556. The molecule has 170 valence electrons. The molecule has 0 bridgehead atoms. The van der Waals surface area contributed by atoms with Crippen LogP contribution in [0.5, 0.6) is 5.75 Å². The molecule has 0 aliphatic rings. The van der Waals surface area contributed by atoms with E-state index in [0.717, 1.165) is 0 Å². The van der Waals surface area contributed by atoms with Crippen molar-refractivity contribution >= 4 is 74.6 Å². The number of hydrogen-bond donors (Lipinski definition) is 1. The Bertz CT molecular complexity index is 988. The molecule has 0 spiro atoms. The quantitative estimate of drug-likeness (QED) is 0.106. The van der Waals surface area contributed by atoms with Gasteiger partial charge in [-0.15, -0.1) is 0 Å². The van der Waals surface area contributed by atoms with E-state index >= 15 is 0 Å². The molecule has 0 saturated carbocycles. The fourth-order valence-electron chi connectivity index (χ4n) is 2.05. The number of halogens is 11. The van der Waals surface area contributed by atoms with Crippen molar-refractivity contribution in [2.75, 3.05) is 0 Å². The summed E-state index contributed by atoms with van der Waals surface area (Å²) in [5.74, 6) is -6.20. The van der Waals surface area contributed by atoms with E-state index in [1.54, 1.807) is 18.2 Å². The predicted molar refractivity (Wildman–Crippen MR) is 119 cm³/mol. The first-order valence-electron chi connectivity index (χ1n) is 7.84. The molecule has 31 heavy (non-hydrogen) atoms. The molecule has 1 N–H and O–H groups in total. The Morgan fingerprint density at radius 2 is 1.65 bits per heavy atom. The molecule has 0 atom stereocenters.